The molecule has 0 saturated heterocycles. The van der Waals surface area contributed by atoms with Gasteiger partial charge in [0.05, 0.1) is 6.20 Å². The van der Waals surface area contributed by atoms with Crippen molar-refractivity contribution in [2.75, 3.05) is 11.3 Å². The number of aromatic nitrogens is 3. The second-order valence-electron chi connectivity index (χ2n) is 3.98. The van der Waals surface area contributed by atoms with Gasteiger partial charge in [-0.3, -0.25) is 9.40 Å². The standard InChI is InChI=1S/C11H13BrN4O3S/c12-9-2-3-11(13-6-9)15-20(18,19)10-7-14-16(8-10)4-1-5-17/h2-3,6-8,17H,1,4-5H2,(H,13,15). The lowest BCUT2D eigenvalue weighted by molar-refractivity contribution is 0.277. The molecular weight excluding hydrogens is 348 g/mol. The molecule has 0 aliphatic heterocycles. The topological polar surface area (TPSA) is 97.1 Å². The smallest absolute Gasteiger partial charge is 0.266 e. The van der Waals surface area contributed by atoms with Crippen LogP contribution in [0.3, 0.4) is 0 Å². The van der Waals surface area contributed by atoms with Crippen molar-refractivity contribution in [3.63, 3.8) is 0 Å². The Kier molecular flexibility index (Phi) is 4.73. The molecule has 0 unspecified atom stereocenters. The highest BCUT2D eigenvalue weighted by atomic mass is 79.9. The van der Waals surface area contributed by atoms with Crippen LogP contribution in [0.15, 0.2) is 40.1 Å². The van der Waals surface area contributed by atoms with Gasteiger partial charge < -0.3 is 5.11 Å². The molecule has 0 amide bonds. The molecule has 0 saturated carbocycles. The zero-order chi connectivity index (χ0) is 14.6. The Morgan fingerprint density at radius 1 is 1.35 bits per heavy atom. The van der Waals surface area contributed by atoms with Gasteiger partial charge in [-0.05, 0) is 34.5 Å². The fraction of sp³-hybridized carbons (Fsp3) is 0.273. The van der Waals surface area contributed by atoms with Crippen molar-refractivity contribution in [2.24, 2.45) is 0 Å². The normalized spacial score (nSPS) is 11.5. The van der Waals surface area contributed by atoms with Crippen LogP contribution >= 0.6 is 15.9 Å². The molecule has 0 aromatic carbocycles. The molecule has 2 heterocycles. The van der Waals surface area contributed by atoms with Crippen LogP contribution in [0.5, 0.6) is 0 Å². The van der Waals surface area contributed by atoms with Crippen molar-refractivity contribution in [1.82, 2.24) is 14.8 Å². The number of aliphatic hydroxyl groups is 1. The van der Waals surface area contributed by atoms with E-state index in [0.717, 1.165) is 4.47 Å². The highest BCUT2D eigenvalue weighted by Crippen LogP contribution is 2.15. The fourth-order valence-corrected chi connectivity index (χ4v) is 2.67. The third kappa shape index (κ3) is 3.78. The third-order valence-corrected chi connectivity index (χ3v) is 4.21. The van der Waals surface area contributed by atoms with E-state index >= 15 is 0 Å². The van der Waals surface area contributed by atoms with Gasteiger partial charge in [0, 0.05) is 30.0 Å². The first-order valence-corrected chi connectivity index (χ1v) is 8.06. The first-order valence-electron chi connectivity index (χ1n) is 5.79. The summed E-state index contributed by atoms with van der Waals surface area (Å²) in [5.74, 6) is 0.233. The van der Waals surface area contributed by atoms with Crippen molar-refractivity contribution in [1.29, 1.82) is 0 Å². The van der Waals surface area contributed by atoms with Crippen LogP contribution in [-0.4, -0.2) is 34.9 Å². The van der Waals surface area contributed by atoms with Crippen LogP contribution in [0, 0.1) is 0 Å². The SMILES string of the molecule is O=S(=O)(Nc1ccc(Br)cn1)c1cnn(CCCO)c1. The van der Waals surface area contributed by atoms with E-state index in [1.54, 1.807) is 12.1 Å². The van der Waals surface area contributed by atoms with Gasteiger partial charge in [-0.25, -0.2) is 13.4 Å². The van der Waals surface area contributed by atoms with Gasteiger partial charge in [-0.15, -0.1) is 0 Å². The molecule has 0 fully saturated rings. The molecular formula is C11H13BrN4O3S. The number of aliphatic hydroxyl groups excluding tert-OH is 1. The molecule has 9 heteroatoms. The average Bonchev–Trinajstić information content (AvgIpc) is 2.88. The minimum absolute atomic E-state index is 0.0308. The number of pyridine rings is 1. The second-order valence-corrected chi connectivity index (χ2v) is 6.58. The van der Waals surface area contributed by atoms with Crippen LogP contribution in [0.4, 0.5) is 5.82 Å². The van der Waals surface area contributed by atoms with E-state index in [9.17, 15) is 8.42 Å². The molecule has 2 aromatic rings. The largest absolute Gasteiger partial charge is 0.396 e. The summed E-state index contributed by atoms with van der Waals surface area (Å²) in [6.07, 6.45) is 4.70. The highest BCUT2D eigenvalue weighted by molar-refractivity contribution is 9.10. The Balaban J connectivity index is 2.13. The number of hydrogen-bond donors (Lipinski definition) is 2. The number of halogens is 1. The molecule has 2 aromatic heterocycles. The van der Waals surface area contributed by atoms with Gasteiger partial charge in [-0.2, -0.15) is 5.10 Å². The summed E-state index contributed by atoms with van der Waals surface area (Å²) in [5.41, 5.74) is 0. The van der Waals surface area contributed by atoms with Crippen molar-refractivity contribution < 1.29 is 13.5 Å². The Bertz CT molecular complexity index is 669. The zero-order valence-corrected chi connectivity index (χ0v) is 12.8. The average molecular weight is 361 g/mol. The molecule has 0 bridgehead atoms. The molecule has 2 N–H and O–H groups in total. The Hall–Kier alpha value is -1.45. The molecule has 108 valence electrons. The molecule has 0 aliphatic carbocycles. The quantitative estimate of drug-likeness (QED) is 0.807. The molecule has 7 nitrogen and oxygen atoms in total. The lowest BCUT2D eigenvalue weighted by Gasteiger charge is -2.04. The van der Waals surface area contributed by atoms with Crippen molar-refractivity contribution in [3.05, 3.63) is 35.2 Å². The summed E-state index contributed by atoms with van der Waals surface area (Å²) in [6.45, 7) is 0.492. The first kappa shape index (κ1) is 14.9. The Labute approximate surface area is 124 Å². The fourth-order valence-electron chi connectivity index (χ4n) is 1.47. The van der Waals surface area contributed by atoms with Gasteiger partial charge in [0.1, 0.15) is 10.7 Å². The summed E-state index contributed by atoms with van der Waals surface area (Å²) < 4.78 is 28.8. The van der Waals surface area contributed by atoms with Crippen LogP contribution in [-0.2, 0) is 16.6 Å². The maximum absolute atomic E-state index is 12.1. The predicted octanol–water partition coefficient (Wildman–Crippen LogP) is 1.22. The second kappa shape index (κ2) is 6.33. The number of rotatable bonds is 6. The molecule has 2 rings (SSSR count). The summed E-state index contributed by atoms with van der Waals surface area (Å²) >= 11 is 3.22. The highest BCUT2D eigenvalue weighted by Gasteiger charge is 2.17. The van der Waals surface area contributed by atoms with Gasteiger partial charge in [0.2, 0.25) is 0 Å². The number of sulfonamides is 1. The molecule has 0 atom stereocenters. The number of anilines is 1. The number of hydrogen-bond acceptors (Lipinski definition) is 5. The maximum atomic E-state index is 12.1. The van der Waals surface area contributed by atoms with E-state index in [4.69, 9.17) is 5.11 Å². The minimum atomic E-state index is -3.70. The first-order chi connectivity index (χ1) is 9.51. The molecule has 0 spiro atoms. The van der Waals surface area contributed by atoms with Crippen molar-refractivity contribution in [3.8, 4) is 0 Å². The van der Waals surface area contributed by atoms with Crippen LogP contribution < -0.4 is 4.72 Å². The minimum Gasteiger partial charge on any atom is -0.396 e. The Morgan fingerprint density at radius 2 is 2.15 bits per heavy atom. The van der Waals surface area contributed by atoms with Gasteiger partial charge in [-0.1, -0.05) is 0 Å². The van der Waals surface area contributed by atoms with E-state index in [1.807, 2.05) is 0 Å². The number of aryl methyl sites for hydroxylation is 1. The summed E-state index contributed by atoms with van der Waals surface area (Å²) in [4.78, 5) is 4.00. The molecule has 0 aliphatic rings. The zero-order valence-electron chi connectivity index (χ0n) is 10.4. The number of nitrogens with one attached hydrogen (secondary N) is 1. The van der Waals surface area contributed by atoms with Crippen LogP contribution in [0.1, 0.15) is 6.42 Å². The maximum Gasteiger partial charge on any atom is 0.266 e. The molecule has 20 heavy (non-hydrogen) atoms. The van der Waals surface area contributed by atoms with Crippen LogP contribution in [0.2, 0.25) is 0 Å². The number of nitrogens with zero attached hydrogens (tertiary/aromatic N) is 3. The van der Waals surface area contributed by atoms with E-state index in [1.165, 1.54) is 23.3 Å². The van der Waals surface area contributed by atoms with Crippen molar-refractivity contribution in [2.45, 2.75) is 17.9 Å². The van der Waals surface area contributed by atoms with Gasteiger partial charge in [0.25, 0.3) is 10.0 Å². The van der Waals surface area contributed by atoms with Crippen LogP contribution in [0.25, 0.3) is 0 Å². The lowest BCUT2D eigenvalue weighted by Crippen LogP contribution is -2.13. The van der Waals surface area contributed by atoms with E-state index in [-0.39, 0.29) is 17.3 Å². The Morgan fingerprint density at radius 3 is 2.80 bits per heavy atom. The van der Waals surface area contributed by atoms with Gasteiger partial charge >= 0.3 is 0 Å². The molecule has 0 radical (unpaired) electrons. The van der Waals surface area contributed by atoms with E-state index in [2.05, 4.69) is 30.7 Å². The lowest BCUT2D eigenvalue weighted by atomic mass is 10.5. The summed E-state index contributed by atoms with van der Waals surface area (Å²) in [7, 11) is -3.70. The monoisotopic (exact) mass is 360 g/mol. The van der Waals surface area contributed by atoms with E-state index < -0.39 is 10.0 Å². The van der Waals surface area contributed by atoms with E-state index in [0.29, 0.717) is 13.0 Å². The summed E-state index contributed by atoms with van der Waals surface area (Å²) in [5, 5.41) is 12.7. The van der Waals surface area contributed by atoms with Crippen molar-refractivity contribution >= 4 is 31.8 Å². The summed E-state index contributed by atoms with van der Waals surface area (Å²) in [6, 6.07) is 3.24. The van der Waals surface area contributed by atoms with Gasteiger partial charge in [0.15, 0.2) is 0 Å². The third-order valence-electron chi connectivity index (χ3n) is 2.43. The predicted molar refractivity (Wildman–Crippen MR) is 76.7 cm³/mol.